The zero-order valence-electron chi connectivity index (χ0n) is 31.3. The third-order valence-corrected chi connectivity index (χ3v) is 11.8. The quantitative estimate of drug-likeness (QED) is 0.181. The molecule has 4 heterocycles. The predicted molar refractivity (Wildman–Crippen MR) is 234 cm³/mol. The molecule has 268 valence electrons. The number of benzene rings is 6. The van der Waals surface area contributed by atoms with Crippen molar-refractivity contribution in [2.45, 2.75) is 19.3 Å². The van der Waals surface area contributed by atoms with Crippen molar-refractivity contribution < 1.29 is 9.15 Å². The van der Waals surface area contributed by atoms with Crippen molar-refractivity contribution in [2.24, 2.45) is 0 Å². The maximum absolute atomic E-state index is 6.69. The Bertz CT molecular complexity index is 3230. The number of furan rings is 1. The number of para-hydroxylation sites is 3. The molecule has 1 aliphatic heterocycles. The molecule has 0 fully saturated rings. The molecule has 3 aromatic heterocycles. The van der Waals surface area contributed by atoms with E-state index in [0.717, 1.165) is 56.0 Å². The van der Waals surface area contributed by atoms with E-state index in [1.165, 1.54) is 54.8 Å². The lowest BCUT2D eigenvalue weighted by Crippen LogP contribution is -2.01. The van der Waals surface area contributed by atoms with Crippen LogP contribution in [-0.2, 0) is 4.74 Å². The SMILES string of the molecule is C=C1c2oc3ccccc3c2/C=C\C(C)c2cc(-c3cccc4c3c3ccccc3n4-c3ccccc3)cc3c4ccc(C5=CC=CC=C(OC)C5)cc4n1c23. The molecule has 1 atom stereocenters. The molecule has 4 nitrogen and oxygen atoms in total. The molecule has 0 N–H and O–H groups in total. The van der Waals surface area contributed by atoms with Crippen molar-refractivity contribution in [2.75, 3.05) is 7.11 Å². The van der Waals surface area contributed by atoms with Gasteiger partial charge in [0.05, 0.1) is 40.6 Å². The molecular formula is C52H38N2O2. The number of hydrogen-bond donors (Lipinski definition) is 0. The molecule has 0 saturated heterocycles. The first-order valence-corrected chi connectivity index (χ1v) is 19.3. The minimum absolute atomic E-state index is 0.0846. The van der Waals surface area contributed by atoms with Crippen molar-refractivity contribution in [3.8, 4) is 16.8 Å². The number of nitrogens with zero attached hydrogens (tertiary/aromatic N) is 2. The summed E-state index contributed by atoms with van der Waals surface area (Å²) in [5, 5.41) is 5.94. The van der Waals surface area contributed by atoms with Gasteiger partial charge in [-0.3, -0.25) is 0 Å². The van der Waals surface area contributed by atoms with Crippen LogP contribution in [0.3, 0.4) is 0 Å². The van der Waals surface area contributed by atoms with Gasteiger partial charge in [0.25, 0.3) is 0 Å². The number of methoxy groups -OCH3 is 1. The molecule has 0 radical (unpaired) electrons. The van der Waals surface area contributed by atoms with Crippen LogP contribution >= 0.6 is 0 Å². The molecule has 4 heteroatoms. The second-order valence-corrected chi connectivity index (χ2v) is 14.9. The Hall–Kier alpha value is -7.04. The standard InChI is InChI=1S/C52H38N2O2/c1-32-24-26-42-41-18-10-12-23-49(41)56-52(42)33(2)53-48-31-35(34-14-7-8-17-38(28-34)55-3)25-27-40(48)45-30-36(29-44(32)51(45)53)39-20-13-22-47-50(39)43-19-9-11-21-46(43)54(47)37-15-5-4-6-16-37/h4-27,29-32H,2,28H2,1,3H3/b26-24-. The van der Waals surface area contributed by atoms with Gasteiger partial charge in [0.2, 0.25) is 0 Å². The average molecular weight is 723 g/mol. The van der Waals surface area contributed by atoms with E-state index >= 15 is 0 Å². The fourth-order valence-electron chi connectivity index (χ4n) is 9.14. The summed E-state index contributed by atoms with van der Waals surface area (Å²) in [7, 11) is 1.74. The Morgan fingerprint density at radius 1 is 0.679 bits per heavy atom. The molecule has 1 unspecified atom stereocenters. The number of hydrogen-bond acceptors (Lipinski definition) is 2. The Labute approximate surface area is 324 Å². The van der Waals surface area contributed by atoms with E-state index in [2.05, 4.69) is 156 Å². The second-order valence-electron chi connectivity index (χ2n) is 14.9. The van der Waals surface area contributed by atoms with E-state index in [4.69, 9.17) is 15.7 Å². The third-order valence-electron chi connectivity index (χ3n) is 11.8. The fraction of sp³-hybridized carbons (Fsp3) is 0.0769. The molecule has 0 spiro atoms. The van der Waals surface area contributed by atoms with Gasteiger partial charge in [0.1, 0.15) is 5.58 Å². The van der Waals surface area contributed by atoms with E-state index in [0.29, 0.717) is 6.42 Å². The minimum atomic E-state index is 0.0846. The normalized spacial score (nSPS) is 16.1. The summed E-state index contributed by atoms with van der Waals surface area (Å²) in [6.45, 7) is 7.12. The first-order valence-electron chi connectivity index (χ1n) is 19.3. The molecule has 0 amide bonds. The summed E-state index contributed by atoms with van der Waals surface area (Å²) in [5.41, 5.74) is 14.5. The van der Waals surface area contributed by atoms with Gasteiger partial charge in [-0.2, -0.15) is 0 Å². The van der Waals surface area contributed by atoms with Gasteiger partial charge in [0.15, 0.2) is 5.76 Å². The number of rotatable bonds is 4. The van der Waals surface area contributed by atoms with Gasteiger partial charge < -0.3 is 18.3 Å². The number of ether oxygens (including phenoxy) is 1. The number of fused-ring (bicyclic) bond motifs is 9. The molecule has 0 saturated carbocycles. The van der Waals surface area contributed by atoms with Gasteiger partial charge in [0, 0.05) is 50.5 Å². The lowest BCUT2D eigenvalue weighted by atomic mass is 9.91. The Kier molecular flexibility index (Phi) is 7.23. The largest absolute Gasteiger partial charge is 0.501 e. The van der Waals surface area contributed by atoms with E-state index < -0.39 is 0 Å². The minimum Gasteiger partial charge on any atom is -0.501 e. The topological polar surface area (TPSA) is 32.2 Å². The van der Waals surface area contributed by atoms with Crippen molar-refractivity contribution in [3.05, 3.63) is 193 Å². The smallest absolute Gasteiger partial charge is 0.158 e. The first kappa shape index (κ1) is 32.4. The van der Waals surface area contributed by atoms with Gasteiger partial charge in [-0.15, -0.1) is 0 Å². The molecule has 9 aromatic rings. The molecule has 11 rings (SSSR count). The van der Waals surface area contributed by atoms with Gasteiger partial charge in [-0.25, -0.2) is 0 Å². The van der Waals surface area contributed by atoms with E-state index in [1.54, 1.807) is 7.11 Å². The summed E-state index contributed by atoms with van der Waals surface area (Å²) >= 11 is 0. The third kappa shape index (κ3) is 4.79. The maximum Gasteiger partial charge on any atom is 0.158 e. The monoisotopic (exact) mass is 722 g/mol. The van der Waals surface area contributed by atoms with E-state index in [1.807, 2.05) is 24.3 Å². The highest BCUT2D eigenvalue weighted by Gasteiger charge is 2.27. The molecular weight excluding hydrogens is 685 g/mol. The van der Waals surface area contributed by atoms with Crippen LogP contribution in [0.4, 0.5) is 0 Å². The Morgan fingerprint density at radius 2 is 1.46 bits per heavy atom. The van der Waals surface area contributed by atoms with Gasteiger partial charge in [-0.1, -0.05) is 123 Å². The highest BCUT2D eigenvalue weighted by molar-refractivity contribution is 6.18. The Balaban J connectivity index is 1.22. The second kappa shape index (κ2) is 12.5. The van der Waals surface area contributed by atoms with Crippen LogP contribution in [0.1, 0.15) is 41.7 Å². The molecule has 0 bridgehead atoms. The van der Waals surface area contributed by atoms with Crippen LogP contribution in [0.5, 0.6) is 0 Å². The molecule has 6 aromatic carbocycles. The van der Waals surface area contributed by atoms with Crippen LogP contribution in [0.25, 0.3) is 88.7 Å². The number of allylic oxidation sites excluding steroid dienone is 6. The zero-order valence-corrected chi connectivity index (χ0v) is 31.3. The maximum atomic E-state index is 6.69. The van der Waals surface area contributed by atoms with Crippen LogP contribution in [-0.4, -0.2) is 16.2 Å². The van der Waals surface area contributed by atoms with E-state index in [9.17, 15) is 0 Å². The summed E-state index contributed by atoms with van der Waals surface area (Å²) in [6, 6.07) is 46.2. The van der Waals surface area contributed by atoms with Crippen LogP contribution in [0, 0.1) is 0 Å². The highest BCUT2D eigenvalue weighted by atomic mass is 16.5. The fourth-order valence-corrected chi connectivity index (χ4v) is 9.14. The summed E-state index contributed by atoms with van der Waals surface area (Å²) in [4.78, 5) is 0. The van der Waals surface area contributed by atoms with Crippen molar-refractivity contribution in [1.29, 1.82) is 0 Å². The highest BCUT2D eigenvalue weighted by Crippen LogP contribution is 2.46. The first-order chi connectivity index (χ1) is 27.6. The summed E-state index contributed by atoms with van der Waals surface area (Å²) in [5.74, 6) is 1.80. The van der Waals surface area contributed by atoms with E-state index in [-0.39, 0.29) is 5.92 Å². The molecule has 56 heavy (non-hydrogen) atoms. The molecule has 1 aliphatic carbocycles. The lowest BCUT2D eigenvalue weighted by molar-refractivity contribution is 0.286. The predicted octanol–water partition coefficient (Wildman–Crippen LogP) is 13.8. The van der Waals surface area contributed by atoms with Gasteiger partial charge >= 0.3 is 0 Å². The zero-order chi connectivity index (χ0) is 37.5. The summed E-state index contributed by atoms with van der Waals surface area (Å²) in [6.07, 6.45) is 13.6. The van der Waals surface area contributed by atoms with Crippen LogP contribution < -0.4 is 0 Å². The van der Waals surface area contributed by atoms with Crippen LogP contribution in [0.15, 0.2) is 175 Å². The number of aromatic nitrogens is 2. The van der Waals surface area contributed by atoms with Gasteiger partial charge in [-0.05, 0) is 82.4 Å². The lowest BCUT2D eigenvalue weighted by Gasteiger charge is -2.16. The average Bonchev–Trinajstić information content (AvgIpc) is 3.83. The van der Waals surface area contributed by atoms with Crippen molar-refractivity contribution >= 4 is 71.9 Å². The van der Waals surface area contributed by atoms with Crippen LogP contribution in [0.2, 0.25) is 0 Å². The summed E-state index contributed by atoms with van der Waals surface area (Å²) < 4.78 is 17.2. The van der Waals surface area contributed by atoms with Crippen molar-refractivity contribution in [3.63, 3.8) is 0 Å². The van der Waals surface area contributed by atoms with Crippen molar-refractivity contribution in [1.82, 2.24) is 9.13 Å². The molecule has 2 aliphatic rings. The Morgan fingerprint density at radius 3 is 2.34 bits per heavy atom.